The van der Waals surface area contributed by atoms with Crippen LogP contribution in [0.3, 0.4) is 0 Å². The van der Waals surface area contributed by atoms with Gasteiger partial charge in [-0.1, -0.05) is 17.4 Å². The molecule has 2 aromatic rings. The summed E-state index contributed by atoms with van der Waals surface area (Å²) >= 11 is 6.71. The molecular weight excluding hydrogens is 349 g/mol. The number of benzene rings is 1. The van der Waals surface area contributed by atoms with E-state index in [0.717, 1.165) is 26.2 Å². The van der Waals surface area contributed by atoms with Gasteiger partial charge < -0.3 is 10.2 Å². The van der Waals surface area contributed by atoms with Crippen molar-refractivity contribution in [2.75, 3.05) is 31.5 Å². The van der Waals surface area contributed by atoms with Crippen LogP contribution in [0.5, 0.6) is 0 Å². The van der Waals surface area contributed by atoms with E-state index in [1.54, 1.807) is 23.7 Å². The van der Waals surface area contributed by atoms with Crippen LogP contribution in [0.25, 0.3) is 0 Å². The Morgan fingerprint density at radius 2 is 2.12 bits per heavy atom. The molecule has 6 nitrogen and oxygen atoms in total. The van der Waals surface area contributed by atoms with E-state index in [4.69, 9.17) is 12.2 Å². The van der Waals surface area contributed by atoms with E-state index in [0.29, 0.717) is 21.4 Å². The zero-order valence-electron chi connectivity index (χ0n) is 13.2. The highest BCUT2D eigenvalue weighted by Crippen LogP contribution is 2.21. The molecule has 1 N–H and O–H groups in total. The fourth-order valence-electron chi connectivity index (χ4n) is 2.53. The third kappa shape index (κ3) is 4.16. The highest BCUT2D eigenvalue weighted by molar-refractivity contribution is 7.73. The van der Waals surface area contributed by atoms with Gasteiger partial charge in [-0.2, -0.15) is 0 Å². The van der Waals surface area contributed by atoms with Crippen LogP contribution in [0, 0.1) is 9.77 Å². The summed E-state index contributed by atoms with van der Waals surface area (Å²) in [7, 11) is 0. The Bertz CT molecular complexity index is 782. The first kappa shape index (κ1) is 17.0. The van der Waals surface area contributed by atoms with Gasteiger partial charge in [-0.3, -0.25) is 9.69 Å². The van der Waals surface area contributed by atoms with E-state index in [2.05, 4.69) is 15.3 Å². The molecule has 0 atom stereocenters. The normalized spacial score (nSPS) is 15.5. The Kier molecular flexibility index (Phi) is 5.22. The number of carbonyl (C=O) groups is 1. The molecule has 0 unspecified atom stereocenters. The average Bonchev–Trinajstić information content (AvgIpc) is 2.87. The smallest absolute Gasteiger partial charge is 0.219 e. The number of anilines is 2. The highest BCUT2D eigenvalue weighted by Gasteiger charge is 2.19. The molecule has 0 spiro atoms. The van der Waals surface area contributed by atoms with Crippen molar-refractivity contribution in [3.8, 4) is 0 Å². The van der Waals surface area contributed by atoms with E-state index in [9.17, 15) is 9.18 Å². The number of carbonyl (C=O) groups excluding carboxylic acids is 1. The van der Waals surface area contributed by atoms with Crippen LogP contribution in [0.1, 0.15) is 6.92 Å². The first-order chi connectivity index (χ1) is 11.5. The van der Waals surface area contributed by atoms with Crippen LogP contribution in [0.15, 0.2) is 24.3 Å². The molecule has 1 amide bonds. The van der Waals surface area contributed by atoms with Gasteiger partial charge in [-0.25, -0.2) is 9.07 Å². The van der Waals surface area contributed by atoms with Crippen molar-refractivity contribution in [1.29, 1.82) is 0 Å². The molecule has 9 heteroatoms. The Balaban J connectivity index is 1.62. The van der Waals surface area contributed by atoms with Crippen molar-refractivity contribution in [1.82, 2.24) is 19.6 Å². The maximum absolute atomic E-state index is 13.2. The number of hydrogen-bond donors (Lipinski definition) is 1. The van der Waals surface area contributed by atoms with E-state index < -0.39 is 0 Å². The molecule has 1 fully saturated rings. The number of nitrogens with zero attached hydrogens (tertiary/aromatic N) is 4. The lowest BCUT2D eigenvalue weighted by molar-refractivity contribution is -0.130. The van der Waals surface area contributed by atoms with Crippen LogP contribution in [-0.4, -0.2) is 51.7 Å². The third-order valence-corrected chi connectivity index (χ3v) is 5.06. The van der Waals surface area contributed by atoms with Gasteiger partial charge >= 0.3 is 0 Å². The minimum absolute atomic E-state index is 0.112. The maximum atomic E-state index is 13.2. The first-order valence-corrected chi connectivity index (χ1v) is 8.82. The molecule has 1 aromatic carbocycles. The average molecular weight is 367 g/mol. The standard InChI is InChI=1S/C15H18FN5OS2/c1-11(22)20-7-5-19(6-8-20)10-21-15(23)24-14(18-21)17-13-4-2-3-12(16)9-13/h2-4,9H,5-8,10H2,1H3,(H,17,18). The van der Waals surface area contributed by atoms with Crippen LogP contribution in [0.4, 0.5) is 15.2 Å². The molecule has 0 radical (unpaired) electrons. The second-order valence-electron chi connectivity index (χ2n) is 5.57. The summed E-state index contributed by atoms with van der Waals surface area (Å²) in [5, 5.41) is 8.16. The number of nitrogens with one attached hydrogen (secondary N) is 1. The van der Waals surface area contributed by atoms with Gasteiger partial charge in [-0.05, 0) is 30.4 Å². The second kappa shape index (κ2) is 7.37. The van der Waals surface area contributed by atoms with Gasteiger partial charge in [0.25, 0.3) is 0 Å². The summed E-state index contributed by atoms with van der Waals surface area (Å²) in [5.74, 6) is -0.187. The monoisotopic (exact) mass is 367 g/mol. The maximum Gasteiger partial charge on any atom is 0.219 e. The molecule has 1 saturated heterocycles. The Morgan fingerprint density at radius 3 is 2.79 bits per heavy atom. The summed E-state index contributed by atoms with van der Waals surface area (Å²) in [6.45, 7) is 5.22. The number of piperazine rings is 1. The molecular formula is C15H18FN5OS2. The van der Waals surface area contributed by atoms with E-state index in [1.165, 1.54) is 23.5 Å². The van der Waals surface area contributed by atoms with Crippen molar-refractivity contribution >= 4 is 40.3 Å². The fourth-order valence-corrected chi connectivity index (χ4v) is 3.54. The third-order valence-electron chi connectivity index (χ3n) is 3.83. The molecule has 1 aromatic heterocycles. The minimum Gasteiger partial charge on any atom is -0.340 e. The zero-order valence-corrected chi connectivity index (χ0v) is 14.9. The predicted molar refractivity (Wildman–Crippen MR) is 94.4 cm³/mol. The zero-order chi connectivity index (χ0) is 17.1. The SMILES string of the molecule is CC(=O)N1CCN(Cn2nc(Nc3cccc(F)c3)sc2=S)CC1. The van der Waals surface area contributed by atoms with Gasteiger partial charge in [0.2, 0.25) is 11.0 Å². The van der Waals surface area contributed by atoms with Crippen LogP contribution < -0.4 is 5.32 Å². The number of halogens is 1. The number of hydrogen-bond acceptors (Lipinski definition) is 6. The summed E-state index contributed by atoms with van der Waals surface area (Å²) in [6.07, 6.45) is 0. The lowest BCUT2D eigenvalue weighted by Gasteiger charge is -2.33. The summed E-state index contributed by atoms with van der Waals surface area (Å²) in [6, 6.07) is 6.23. The van der Waals surface area contributed by atoms with Crippen LogP contribution in [0.2, 0.25) is 0 Å². The number of aromatic nitrogens is 2. The fraction of sp³-hybridized carbons (Fsp3) is 0.400. The van der Waals surface area contributed by atoms with Crippen molar-refractivity contribution in [2.45, 2.75) is 13.6 Å². The van der Waals surface area contributed by atoms with E-state index in [1.807, 2.05) is 4.90 Å². The summed E-state index contributed by atoms with van der Waals surface area (Å²) in [5.41, 5.74) is 0.640. The lowest BCUT2D eigenvalue weighted by Crippen LogP contribution is -2.48. The summed E-state index contributed by atoms with van der Waals surface area (Å²) in [4.78, 5) is 15.4. The van der Waals surface area contributed by atoms with Gasteiger partial charge in [0.05, 0.1) is 6.67 Å². The largest absolute Gasteiger partial charge is 0.340 e. The van der Waals surface area contributed by atoms with Crippen molar-refractivity contribution < 1.29 is 9.18 Å². The van der Waals surface area contributed by atoms with Gasteiger partial charge in [-0.15, -0.1) is 5.10 Å². The Morgan fingerprint density at radius 1 is 1.38 bits per heavy atom. The first-order valence-electron chi connectivity index (χ1n) is 7.60. The van der Waals surface area contributed by atoms with E-state index in [-0.39, 0.29) is 11.7 Å². The van der Waals surface area contributed by atoms with Gasteiger partial charge in [0, 0.05) is 38.8 Å². The van der Waals surface area contributed by atoms with Crippen LogP contribution in [-0.2, 0) is 11.5 Å². The quantitative estimate of drug-likeness (QED) is 0.842. The molecule has 1 aliphatic rings. The van der Waals surface area contributed by atoms with Crippen molar-refractivity contribution in [3.63, 3.8) is 0 Å². The Hall–Kier alpha value is -1.84. The predicted octanol–water partition coefficient (Wildman–Crippen LogP) is 2.68. The summed E-state index contributed by atoms with van der Waals surface area (Å²) < 4.78 is 15.6. The molecule has 0 saturated carbocycles. The molecule has 24 heavy (non-hydrogen) atoms. The second-order valence-corrected chi connectivity index (χ2v) is 7.20. The molecule has 1 aliphatic heterocycles. The number of rotatable bonds is 4. The van der Waals surface area contributed by atoms with Crippen molar-refractivity contribution in [2.24, 2.45) is 0 Å². The van der Waals surface area contributed by atoms with E-state index >= 15 is 0 Å². The van der Waals surface area contributed by atoms with Crippen molar-refractivity contribution in [3.05, 3.63) is 34.0 Å². The molecule has 128 valence electrons. The Labute approximate surface area is 148 Å². The van der Waals surface area contributed by atoms with Gasteiger partial charge in [0.15, 0.2) is 3.95 Å². The minimum atomic E-state index is -0.300. The number of amides is 1. The topological polar surface area (TPSA) is 53.4 Å². The highest BCUT2D eigenvalue weighted by atomic mass is 32.1. The molecule has 3 rings (SSSR count). The molecule has 0 bridgehead atoms. The lowest BCUT2D eigenvalue weighted by atomic mass is 10.3. The van der Waals surface area contributed by atoms with Crippen LogP contribution >= 0.6 is 23.6 Å². The van der Waals surface area contributed by atoms with Gasteiger partial charge in [0.1, 0.15) is 5.82 Å². The molecule has 0 aliphatic carbocycles. The molecule has 2 heterocycles.